The molecule has 0 unspecified atom stereocenters. The molecule has 0 aliphatic carbocycles. The van der Waals surface area contributed by atoms with Crippen LogP contribution in [-0.2, 0) is 22.5 Å². The summed E-state index contributed by atoms with van der Waals surface area (Å²) in [6, 6.07) is 20.4. The van der Waals surface area contributed by atoms with Crippen molar-refractivity contribution in [2.75, 3.05) is 20.3 Å². The van der Waals surface area contributed by atoms with Gasteiger partial charge in [-0.15, -0.1) is 0 Å². The van der Waals surface area contributed by atoms with Crippen LogP contribution in [0.5, 0.6) is 0 Å². The summed E-state index contributed by atoms with van der Waals surface area (Å²) in [4.78, 5) is 14.3. The van der Waals surface area contributed by atoms with E-state index >= 15 is 0 Å². The first-order valence-corrected chi connectivity index (χ1v) is 7.64. The largest absolute Gasteiger partial charge is 0.384 e. The third-order valence-corrected chi connectivity index (χ3v) is 3.60. The van der Waals surface area contributed by atoms with Gasteiger partial charge in [-0.05, 0) is 17.5 Å². The molecular formula is C19H23NO2. The average Bonchev–Trinajstić information content (AvgIpc) is 2.58. The molecule has 2 aromatic rings. The zero-order valence-corrected chi connectivity index (χ0v) is 13.1. The van der Waals surface area contributed by atoms with E-state index in [9.17, 15) is 4.79 Å². The Labute approximate surface area is 132 Å². The number of hydrogen-bond donors (Lipinski definition) is 0. The summed E-state index contributed by atoms with van der Waals surface area (Å²) in [6.07, 6.45) is 1.30. The van der Waals surface area contributed by atoms with Crippen molar-refractivity contribution in [3.63, 3.8) is 0 Å². The molecule has 2 rings (SSSR count). The smallest absolute Gasteiger partial charge is 0.225 e. The number of rotatable bonds is 8. The van der Waals surface area contributed by atoms with Gasteiger partial charge in [-0.25, -0.2) is 0 Å². The lowest BCUT2D eigenvalue weighted by Gasteiger charge is -2.23. The van der Waals surface area contributed by atoms with Crippen LogP contribution in [0.2, 0.25) is 0 Å². The summed E-state index contributed by atoms with van der Waals surface area (Å²) in [6.45, 7) is 1.84. The van der Waals surface area contributed by atoms with Crippen LogP contribution in [0.4, 0.5) is 0 Å². The minimum absolute atomic E-state index is 0.140. The molecule has 0 aliphatic heterocycles. The van der Waals surface area contributed by atoms with E-state index in [0.717, 1.165) is 18.5 Å². The van der Waals surface area contributed by atoms with Crippen LogP contribution in [0, 0.1) is 0 Å². The molecule has 0 aromatic heterocycles. The van der Waals surface area contributed by atoms with Crippen molar-refractivity contribution in [2.24, 2.45) is 0 Å². The van der Waals surface area contributed by atoms with Crippen molar-refractivity contribution in [3.05, 3.63) is 71.8 Å². The Hall–Kier alpha value is -2.13. The second kappa shape index (κ2) is 9.00. The molecule has 2 aromatic carbocycles. The number of ether oxygens (including phenoxy) is 1. The number of nitrogens with zero attached hydrogens (tertiary/aromatic N) is 1. The Morgan fingerprint density at radius 1 is 0.955 bits per heavy atom. The summed E-state index contributed by atoms with van der Waals surface area (Å²) >= 11 is 0. The van der Waals surface area contributed by atoms with Gasteiger partial charge in [0.25, 0.3) is 0 Å². The van der Waals surface area contributed by atoms with Gasteiger partial charge in [-0.3, -0.25) is 4.79 Å². The van der Waals surface area contributed by atoms with Crippen LogP contribution in [0.25, 0.3) is 0 Å². The topological polar surface area (TPSA) is 29.5 Å². The molecule has 1 amide bonds. The Balaban J connectivity index is 1.99. The zero-order chi connectivity index (χ0) is 15.6. The summed E-state index contributed by atoms with van der Waals surface area (Å²) in [5, 5.41) is 0. The van der Waals surface area contributed by atoms with Crippen molar-refractivity contribution in [2.45, 2.75) is 19.4 Å². The fourth-order valence-corrected chi connectivity index (χ4v) is 2.35. The number of hydrogen-bond acceptors (Lipinski definition) is 2. The van der Waals surface area contributed by atoms with E-state index in [2.05, 4.69) is 24.3 Å². The SMILES string of the molecule is COCCC(=O)N(CCc1ccccc1)Cc1ccccc1. The van der Waals surface area contributed by atoms with Gasteiger partial charge in [0, 0.05) is 20.2 Å². The average molecular weight is 297 g/mol. The summed E-state index contributed by atoms with van der Waals surface area (Å²) in [5.74, 6) is 0.140. The van der Waals surface area contributed by atoms with Crippen LogP contribution in [0.1, 0.15) is 17.5 Å². The second-order valence-electron chi connectivity index (χ2n) is 5.28. The maximum Gasteiger partial charge on any atom is 0.225 e. The van der Waals surface area contributed by atoms with E-state index in [-0.39, 0.29) is 5.91 Å². The Bertz CT molecular complexity index is 554. The third kappa shape index (κ3) is 5.34. The van der Waals surface area contributed by atoms with E-state index in [1.807, 2.05) is 41.3 Å². The van der Waals surface area contributed by atoms with Gasteiger partial charge in [0.05, 0.1) is 13.0 Å². The number of amides is 1. The molecule has 0 N–H and O–H groups in total. The molecule has 0 saturated carbocycles. The maximum absolute atomic E-state index is 12.4. The molecule has 0 radical (unpaired) electrons. The number of benzene rings is 2. The van der Waals surface area contributed by atoms with Gasteiger partial charge in [0.2, 0.25) is 5.91 Å². The first-order chi connectivity index (χ1) is 10.8. The molecule has 116 valence electrons. The Morgan fingerprint density at radius 2 is 1.55 bits per heavy atom. The van der Waals surface area contributed by atoms with Crippen LogP contribution in [0.15, 0.2) is 60.7 Å². The molecule has 0 bridgehead atoms. The van der Waals surface area contributed by atoms with Crippen molar-refractivity contribution in [1.82, 2.24) is 4.90 Å². The highest BCUT2D eigenvalue weighted by Gasteiger charge is 2.13. The summed E-state index contributed by atoms with van der Waals surface area (Å²) in [5.41, 5.74) is 2.40. The highest BCUT2D eigenvalue weighted by Crippen LogP contribution is 2.09. The lowest BCUT2D eigenvalue weighted by molar-refractivity contribution is -0.132. The minimum Gasteiger partial charge on any atom is -0.384 e. The molecule has 0 heterocycles. The van der Waals surface area contributed by atoms with E-state index in [1.54, 1.807) is 7.11 Å². The first kappa shape index (κ1) is 16.2. The lowest BCUT2D eigenvalue weighted by atomic mass is 10.1. The van der Waals surface area contributed by atoms with Crippen LogP contribution >= 0.6 is 0 Å². The van der Waals surface area contributed by atoms with Gasteiger partial charge in [-0.2, -0.15) is 0 Å². The number of methoxy groups -OCH3 is 1. The molecule has 22 heavy (non-hydrogen) atoms. The van der Waals surface area contributed by atoms with E-state index < -0.39 is 0 Å². The fourth-order valence-electron chi connectivity index (χ4n) is 2.35. The third-order valence-electron chi connectivity index (χ3n) is 3.60. The van der Waals surface area contributed by atoms with Crippen molar-refractivity contribution >= 4 is 5.91 Å². The summed E-state index contributed by atoms with van der Waals surface area (Å²) < 4.78 is 5.03. The minimum atomic E-state index is 0.140. The quantitative estimate of drug-likeness (QED) is 0.748. The fraction of sp³-hybridized carbons (Fsp3) is 0.316. The molecular weight excluding hydrogens is 274 g/mol. The highest BCUT2D eigenvalue weighted by atomic mass is 16.5. The van der Waals surface area contributed by atoms with Crippen molar-refractivity contribution in [3.8, 4) is 0 Å². The normalized spacial score (nSPS) is 10.4. The second-order valence-corrected chi connectivity index (χ2v) is 5.28. The lowest BCUT2D eigenvalue weighted by Crippen LogP contribution is -2.33. The van der Waals surface area contributed by atoms with Crippen LogP contribution < -0.4 is 0 Å². The highest BCUT2D eigenvalue weighted by molar-refractivity contribution is 5.76. The number of carbonyl (C=O) groups is 1. The first-order valence-electron chi connectivity index (χ1n) is 7.64. The molecule has 0 saturated heterocycles. The molecule has 3 heteroatoms. The maximum atomic E-state index is 12.4. The van der Waals surface area contributed by atoms with E-state index in [4.69, 9.17) is 4.74 Å². The molecule has 0 atom stereocenters. The Morgan fingerprint density at radius 3 is 2.14 bits per heavy atom. The summed E-state index contributed by atoms with van der Waals surface area (Å²) in [7, 11) is 1.62. The van der Waals surface area contributed by atoms with Gasteiger partial charge >= 0.3 is 0 Å². The monoisotopic (exact) mass is 297 g/mol. The predicted octanol–water partition coefficient (Wildman–Crippen LogP) is 3.29. The van der Waals surface area contributed by atoms with E-state index in [1.165, 1.54) is 5.56 Å². The Kier molecular flexibility index (Phi) is 6.65. The number of carbonyl (C=O) groups excluding carboxylic acids is 1. The molecule has 0 aliphatic rings. The molecule has 0 spiro atoms. The molecule has 0 fully saturated rings. The van der Waals surface area contributed by atoms with Gasteiger partial charge in [0.1, 0.15) is 0 Å². The standard InChI is InChI=1S/C19H23NO2/c1-22-15-13-19(21)20(16-18-10-6-3-7-11-18)14-12-17-8-4-2-5-9-17/h2-11H,12-16H2,1H3. The zero-order valence-electron chi connectivity index (χ0n) is 13.1. The predicted molar refractivity (Wildman–Crippen MR) is 88.5 cm³/mol. The van der Waals surface area contributed by atoms with Crippen molar-refractivity contribution in [1.29, 1.82) is 0 Å². The molecule has 3 nitrogen and oxygen atoms in total. The van der Waals surface area contributed by atoms with Gasteiger partial charge in [0.15, 0.2) is 0 Å². The van der Waals surface area contributed by atoms with E-state index in [0.29, 0.717) is 19.6 Å². The van der Waals surface area contributed by atoms with Crippen LogP contribution in [-0.4, -0.2) is 31.1 Å². The van der Waals surface area contributed by atoms with Gasteiger partial charge < -0.3 is 9.64 Å². The van der Waals surface area contributed by atoms with Crippen LogP contribution in [0.3, 0.4) is 0 Å². The van der Waals surface area contributed by atoms with Crippen molar-refractivity contribution < 1.29 is 9.53 Å². The van der Waals surface area contributed by atoms with Gasteiger partial charge in [-0.1, -0.05) is 60.7 Å².